The van der Waals surface area contributed by atoms with Gasteiger partial charge in [0.25, 0.3) is 12.3 Å². The minimum Gasteiger partial charge on any atom is -0.396 e. The van der Waals surface area contributed by atoms with Crippen LogP contribution in [0.1, 0.15) is 46.2 Å². The zero-order valence-corrected chi connectivity index (χ0v) is 19.1. The summed E-state index contributed by atoms with van der Waals surface area (Å²) in [6.45, 7) is 2.59. The molecular weight excluding hydrogens is 489 g/mol. The molecule has 192 valence electrons. The van der Waals surface area contributed by atoms with Gasteiger partial charge in [-0.25, -0.2) is 13.8 Å². The van der Waals surface area contributed by atoms with Crippen molar-refractivity contribution in [3.8, 4) is 11.3 Å². The molecular formula is C23H22F5N5O3. The van der Waals surface area contributed by atoms with E-state index in [1.165, 1.54) is 19.1 Å². The van der Waals surface area contributed by atoms with Crippen molar-refractivity contribution in [3.63, 3.8) is 0 Å². The molecule has 1 unspecified atom stereocenters. The van der Waals surface area contributed by atoms with Crippen LogP contribution in [-0.4, -0.2) is 38.5 Å². The number of carbonyl (C=O) groups is 2. The maximum absolute atomic E-state index is 13.5. The fraction of sp³-hybridized carbons (Fsp3) is 0.304. The molecule has 0 aliphatic carbocycles. The number of amides is 2. The van der Waals surface area contributed by atoms with E-state index in [0.29, 0.717) is 11.3 Å². The van der Waals surface area contributed by atoms with Gasteiger partial charge in [0, 0.05) is 24.0 Å². The van der Waals surface area contributed by atoms with Crippen LogP contribution < -0.4 is 10.6 Å². The smallest absolute Gasteiger partial charge is 0.396 e. The molecule has 0 spiro atoms. The number of nitrogens with zero attached hydrogens (tertiary/aromatic N) is 2. The first kappa shape index (κ1) is 26.7. The highest BCUT2D eigenvalue weighted by atomic mass is 19.4. The molecule has 1 aromatic carbocycles. The summed E-state index contributed by atoms with van der Waals surface area (Å²) in [5.74, 6) is -2.21. The number of alkyl halides is 5. The average molecular weight is 511 g/mol. The lowest BCUT2D eigenvalue weighted by Gasteiger charge is -2.12. The number of hydrogen-bond donors (Lipinski definition) is 4. The van der Waals surface area contributed by atoms with Gasteiger partial charge in [0.1, 0.15) is 5.69 Å². The molecule has 0 saturated heterocycles. The van der Waals surface area contributed by atoms with Crippen LogP contribution in [-0.2, 0) is 17.5 Å². The first-order valence-electron chi connectivity index (χ1n) is 10.6. The first-order chi connectivity index (χ1) is 16.9. The number of nitrogens with one attached hydrogen (secondary N) is 3. The van der Waals surface area contributed by atoms with Crippen molar-refractivity contribution in [2.75, 3.05) is 11.9 Å². The fourth-order valence-electron chi connectivity index (χ4n) is 3.21. The highest BCUT2D eigenvalue weighted by Crippen LogP contribution is 2.31. The molecule has 3 rings (SSSR count). The summed E-state index contributed by atoms with van der Waals surface area (Å²) >= 11 is 0. The lowest BCUT2D eigenvalue weighted by Crippen LogP contribution is -2.30. The van der Waals surface area contributed by atoms with E-state index >= 15 is 0 Å². The monoisotopic (exact) mass is 511 g/mol. The second-order valence-corrected chi connectivity index (χ2v) is 7.97. The third-order valence-corrected chi connectivity index (χ3v) is 5.22. The summed E-state index contributed by atoms with van der Waals surface area (Å²) in [5, 5.41) is 13.9. The highest BCUT2D eigenvalue weighted by Gasteiger charge is 2.30. The molecule has 4 N–H and O–H groups in total. The van der Waals surface area contributed by atoms with Crippen LogP contribution in [0.3, 0.4) is 0 Å². The molecule has 0 aliphatic rings. The van der Waals surface area contributed by atoms with Gasteiger partial charge in [0.2, 0.25) is 11.9 Å². The molecule has 0 radical (unpaired) electrons. The van der Waals surface area contributed by atoms with Crippen LogP contribution in [0, 0.1) is 12.8 Å². The van der Waals surface area contributed by atoms with Crippen molar-refractivity contribution in [1.29, 1.82) is 0 Å². The number of aromatic nitrogens is 3. The highest BCUT2D eigenvalue weighted by molar-refractivity contribution is 6.04. The van der Waals surface area contributed by atoms with E-state index in [0.717, 1.165) is 24.4 Å². The van der Waals surface area contributed by atoms with Gasteiger partial charge < -0.3 is 15.4 Å². The zero-order valence-electron chi connectivity index (χ0n) is 19.1. The van der Waals surface area contributed by atoms with Crippen LogP contribution in [0.4, 0.5) is 27.9 Å². The fourth-order valence-corrected chi connectivity index (χ4v) is 3.21. The summed E-state index contributed by atoms with van der Waals surface area (Å²) in [4.78, 5) is 35.2. The number of benzene rings is 1. The van der Waals surface area contributed by atoms with Gasteiger partial charge in [-0.15, -0.1) is 0 Å². The van der Waals surface area contributed by atoms with Crippen molar-refractivity contribution in [1.82, 2.24) is 20.3 Å². The minimum atomic E-state index is -4.50. The summed E-state index contributed by atoms with van der Waals surface area (Å²) in [6.07, 6.45) is -6.46. The van der Waals surface area contributed by atoms with E-state index < -0.39 is 47.2 Å². The summed E-state index contributed by atoms with van der Waals surface area (Å²) < 4.78 is 65.4. The summed E-state index contributed by atoms with van der Waals surface area (Å²) in [6, 6.07) is 5.40. The number of aliphatic hydroxyl groups excluding tert-OH is 1. The number of pyridine rings is 1. The van der Waals surface area contributed by atoms with Gasteiger partial charge in [-0.1, -0.05) is 19.1 Å². The maximum Gasteiger partial charge on any atom is 0.416 e. The van der Waals surface area contributed by atoms with Crippen LogP contribution in [0.25, 0.3) is 11.3 Å². The molecule has 0 bridgehead atoms. The lowest BCUT2D eigenvalue weighted by atomic mass is 10.1. The molecule has 8 nitrogen and oxygen atoms in total. The standard InChI is InChI=1S/C23H22F5N5O3/c1-11(10-34)20(35)30-9-13-7-16(18(19(24)25)29-8-13)21(36)33-22-31-12(2)17(32-22)14-3-5-15(6-4-14)23(26,27)28/h3-8,11,19,34H,9-10H2,1-2H3,(H,30,35)(H2,31,32,33,36). The summed E-state index contributed by atoms with van der Waals surface area (Å²) in [7, 11) is 0. The molecule has 3 aromatic rings. The van der Waals surface area contributed by atoms with E-state index in [1.54, 1.807) is 6.92 Å². The topological polar surface area (TPSA) is 120 Å². The van der Waals surface area contributed by atoms with Crippen molar-refractivity contribution < 1.29 is 36.6 Å². The number of halogens is 5. The Kier molecular flexibility index (Phi) is 8.03. The number of carbonyl (C=O) groups excluding carboxylic acids is 2. The van der Waals surface area contributed by atoms with Crippen LogP contribution >= 0.6 is 0 Å². The minimum absolute atomic E-state index is 0.108. The van der Waals surface area contributed by atoms with Crippen LogP contribution in [0.15, 0.2) is 36.5 Å². The van der Waals surface area contributed by atoms with Crippen LogP contribution in [0.5, 0.6) is 0 Å². The third-order valence-electron chi connectivity index (χ3n) is 5.22. The second-order valence-electron chi connectivity index (χ2n) is 7.97. The predicted molar refractivity (Wildman–Crippen MR) is 119 cm³/mol. The van der Waals surface area contributed by atoms with Gasteiger partial charge >= 0.3 is 6.18 Å². The van der Waals surface area contributed by atoms with E-state index in [4.69, 9.17) is 5.11 Å². The number of aryl methyl sites for hydroxylation is 1. The number of aromatic amines is 1. The largest absolute Gasteiger partial charge is 0.416 e. The van der Waals surface area contributed by atoms with Gasteiger partial charge in [-0.3, -0.25) is 19.9 Å². The third kappa shape index (κ3) is 6.22. The Labute approximate surface area is 202 Å². The Morgan fingerprint density at radius 2 is 1.83 bits per heavy atom. The number of imidazole rings is 1. The van der Waals surface area contributed by atoms with Crippen molar-refractivity contribution in [3.05, 3.63) is 64.6 Å². The molecule has 0 fully saturated rings. The second kappa shape index (κ2) is 10.8. The molecule has 0 aliphatic heterocycles. The van der Waals surface area contributed by atoms with E-state index in [-0.39, 0.29) is 30.4 Å². The molecule has 13 heteroatoms. The lowest BCUT2D eigenvalue weighted by molar-refractivity contribution is -0.137. The van der Waals surface area contributed by atoms with Gasteiger partial charge in [-0.05, 0) is 30.7 Å². The van der Waals surface area contributed by atoms with E-state index in [2.05, 4.69) is 25.6 Å². The number of rotatable bonds is 8. The van der Waals surface area contributed by atoms with Gasteiger partial charge in [0.15, 0.2) is 0 Å². The Bertz CT molecular complexity index is 1240. The van der Waals surface area contributed by atoms with Crippen LogP contribution in [0.2, 0.25) is 0 Å². The van der Waals surface area contributed by atoms with Gasteiger partial charge in [0.05, 0.1) is 29.3 Å². The molecule has 2 heterocycles. The Hall–Kier alpha value is -3.87. The normalized spacial score (nSPS) is 12.5. The SMILES string of the molecule is Cc1[nH]c(NC(=O)c2cc(CNC(=O)C(C)CO)cnc2C(F)F)nc1-c1ccc(C(F)(F)F)cc1. The molecule has 2 amide bonds. The molecule has 0 saturated carbocycles. The van der Waals surface area contributed by atoms with E-state index in [1.807, 2.05) is 0 Å². The average Bonchev–Trinajstić information content (AvgIpc) is 3.20. The Balaban J connectivity index is 1.81. The van der Waals surface area contributed by atoms with Crippen molar-refractivity contribution >= 4 is 17.8 Å². The molecule has 36 heavy (non-hydrogen) atoms. The number of aliphatic hydroxyl groups is 1. The van der Waals surface area contributed by atoms with Crippen molar-refractivity contribution in [2.45, 2.75) is 33.0 Å². The number of hydrogen-bond acceptors (Lipinski definition) is 5. The molecule has 1 atom stereocenters. The predicted octanol–water partition coefficient (Wildman–Crippen LogP) is 4.23. The summed E-state index contributed by atoms with van der Waals surface area (Å²) in [5.41, 5.74) is -0.755. The van der Waals surface area contributed by atoms with Crippen molar-refractivity contribution in [2.24, 2.45) is 5.92 Å². The first-order valence-corrected chi connectivity index (χ1v) is 10.6. The zero-order chi connectivity index (χ0) is 26.6. The molecule has 2 aromatic heterocycles. The maximum atomic E-state index is 13.5. The number of anilines is 1. The quantitative estimate of drug-likeness (QED) is 0.338. The van der Waals surface area contributed by atoms with E-state index in [9.17, 15) is 31.5 Å². The Morgan fingerprint density at radius 1 is 1.17 bits per heavy atom. The van der Waals surface area contributed by atoms with Gasteiger partial charge in [-0.2, -0.15) is 13.2 Å². The Morgan fingerprint density at radius 3 is 2.42 bits per heavy atom. The number of H-pyrrole nitrogens is 1.